The van der Waals surface area contributed by atoms with E-state index in [2.05, 4.69) is 56.1 Å². The fourth-order valence-electron chi connectivity index (χ4n) is 2.24. The molecule has 3 aromatic rings. The third kappa shape index (κ3) is 3.26. The van der Waals surface area contributed by atoms with Crippen LogP contribution < -0.4 is 0 Å². The molecule has 0 amide bonds. The van der Waals surface area contributed by atoms with E-state index >= 15 is 0 Å². The van der Waals surface area contributed by atoms with Gasteiger partial charge in [-0.15, -0.1) is 22.7 Å². The van der Waals surface area contributed by atoms with Crippen molar-refractivity contribution in [1.82, 2.24) is 4.98 Å². The monoisotopic (exact) mass is 336 g/mol. The lowest BCUT2D eigenvalue weighted by molar-refractivity contribution is 1.32. The second-order valence-corrected chi connectivity index (χ2v) is 7.28. The summed E-state index contributed by atoms with van der Waals surface area (Å²) in [6, 6.07) is 10.7. The van der Waals surface area contributed by atoms with Crippen molar-refractivity contribution in [2.24, 2.45) is 0 Å². The summed E-state index contributed by atoms with van der Waals surface area (Å²) >= 11 is 3.16. The van der Waals surface area contributed by atoms with Crippen molar-refractivity contribution < 1.29 is 0 Å². The standard InChI is InChI=1S/C19H16N2S2/c1-12-4-5-15(8-14(12)3)17-11-23-19(21-17)16(10-20)9-18-13(2)6-7-22-18/h4-9,11H,1-3H3. The molecule has 4 heteroatoms. The maximum Gasteiger partial charge on any atom is 0.134 e. The molecule has 1 aromatic carbocycles. The predicted molar refractivity (Wildman–Crippen MR) is 99.6 cm³/mol. The molecular formula is C19H16N2S2. The second-order valence-electron chi connectivity index (χ2n) is 5.47. The van der Waals surface area contributed by atoms with Crippen molar-refractivity contribution in [3.63, 3.8) is 0 Å². The average Bonchev–Trinajstić information content (AvgIpc) is 3.17. The van der Waals surface area contributed by atoms with Gasteiger partial charge in [0.05, 0.1) is 11.3 Å². The Bertz CT molecular complexity index is 923. The van der Waals surface area contributed by atoms with Crippen LogP contribution >= 0.6 is 22.7 Å². The number of hydrogen-bond donors (Lipinski definition) is 0. The summed E-state index contributed by atoms with van der Waals surface area (Å²) in [5.41, 5.74) is 6.36. The van der Waals surface area contributed by atoms with Gasteiger partial charge in [0.25, 0.3) is 0 Å². The Morgan fingerprint density at radius 2 is 1.91 bits per heavy atom. The van der Waals surface area contributed by atoms with Gasteiger partial charge in [-0.05, 0) is 61.1 Å². The predicted octanol–water partition coefficient (Wildman–Crippen LogP) is 5.86. The van der Waals surface area contributed by atoms with Crippen LogP contribution in [0.4, 0.5) is 0 Å². The zero-order chi connectivity index (χ0) is 16.4. The molecule has 0 unspecified atom stereocenters. The minimum absolute atomic E-state index is 0.621. The van der Waals surface area contributed by atoms with E-state index in [1.165, 1.54) is 28.0 Å². The van der Waals surface area contributed by atoms with E-state index < -0.39 is 0 Å². The van der Waals surface area contributed by atoms with Gasteiger partial charge >= 0.3 is 0 Å². The van der Waals surface area contributed by atoms with Gasteiger partial charge in [-0.3, -0.25) is 0 Å². The van der Waals surface area contributed by atoms with Crippen LogP contribution in [0.25, 0.3) is 22.9 Å². The van der Waals surface area contributed by atoms with E-state index in [4.69, 9.17) is 0 Å². The van der Waals surface area contributed by atoms with Crippen LogP contribution in [0.2, 0.25) is 0 Å². The molecule has 0 aliphatic heterocycles. The maximum atomic E-state index is 9.48. The number of allylic oxidation sites excluding steroid dienone is 1. The number of nitrogens with zero attached hydrogens (tertiary/aromatic N) is 2. The first-order valence-electron chi connectivity index (χ1n) is 7.28. The first-order chi connectivity index (χ1) is 11.1. The van der Waals surface area contributed by atoms with Gasteiger partial charge in [-0.2, -0.15) is 5.26 Å². The lowest BCUT2D eigenvalue weighted by Gasteiger charge is -2.02. The summed E-state index contributed by atoms with van der Waals surface area (Å²) in [5, 5.41) is 14.3. The quantitative estimate of drug-likeness (QED) is 0.562. The lowest BCUT2D eigenvalue weighted by Crippen LogP contribution is -1.85. The van der Waals surface area contributed by atoms with Gasteiger partial charge in [0.1, 0.15) is 11.1 Å². The number of hydrogen-bond acceptors (Lipinski definition) is 4. The number of rotatable bonds is 3. The summed E-state index contributed by atoms with van der Waals surface area (Å²) in [7, 11) is 0. The van der Waals surface area contributed by atoms with E-state index in [9.17, 15) is 5.26 Å². The van der Waals surface area contributed by atoms with Crippen molar-refractivity contribution >= 4 is 34.3 Å². The van der Waals surface area contributed by atoms with Crippen molar-refractivity contribution in [2.75, 3.05) is 0 Å². The maximum absolute atomic E-state index is 9.48. The molecule has 0 saturated carbocycles. The molecule has 0 fully saturated rings. The summed E-state index contributed by atoms with van der Waals surface area (Å²) < 4.78 is 0. The van der Waals surface area contributed by atoms with Crippen LogP contribution in [0.1, 0.15) is 26.6 Å². The van der Waals surface area contributed by atoms with Crippen molar-refractivity contribution in [1.29, 1.82) is 5.26 Å². The highest BCUT2D eigenvalue weighted by Crippen LogP contribution is 2.29. The molecule has 0 bridgehead atoms. The number of aryl methyl sites for hydroxylation is 3. The van der Waals surface area contributed by atoms with E-state index in [0.29, 0.717) is 5.57 Å². The molecule has 114 valence electrons. The molecule has 0 spiro atoms. The van der Waals surface area contributed by atoms with E-state index in [0.717, 1.165) is 21.1 Å². The molecular weight excluding hydrogens is 320 g/mol. The molecule has 0 saturated heterocycles. The Labute approximate surface area is 144 Å². The molecule has 23 heavy (non-hydrogen) atoms. The lowest BCUT2D eigenvalue weighted by atomic mass is 10.1. The fourth-order valence-corrected chi connectivity index (χ4v) is 3.89. The van der Waals surface area contributed by atoms with E-state index in [1.807, 2.05) is 16.8 Å². The van der Waals surface area contributed by atoms with Crippen LogP contribution in [-0.4, -0.2) is 4.98 Å². The minimum atomic E-state index is 0.621. The van der Waals surface area contributed by atoms with Crippen molar-refractivity contribution in [3.05, 3.63) is 61.6 Å². The van der Waals surface area contributed by atoms with Gasteiger partial charge in [0, 0.05) is 15.8 Å². The van der Waals surface area contributed by atoms with Crippen molar-refractivity contribution in [3.8, 4) is 17.3 Å². The van der Waals surface area contributed by atoms with E-state index in [-0.39, 0.29) is 0 Å². The van der Waals surface area contributed by atoms with Crippen LogP contribution in [0.3, 0.4) is 0 Å². The molecule has 3 rings (SSSR count). The Morgan fingerprint density at radius 1 is 1.09 bits per heavy atom. The molecule has 0 aliphatic rings. The normalized spacial score (nSPS) is 11.5. The number of benzene rings is 1. The smallest absolute Gasteiger partial charge is 0.134 e. The minimum Gasteiger partial charge on any atom is -0.235 e. The Morgan fingerprint density at radius 3 is 2.57 bits per heavy atom. The number of nitriles is 1. The molecule has 2 aromatic heterocycles. The van der Waals surface area contributed by atoms with Crippen LogP contribution in [0.15, 0.2) is 35.0 Å². The largest absolute Gasteiger partial charge is 0.235 e. The third-order valence-corrected chi connectivity index (χ3v) is 5.68. The zero-order valence-corrected chi connectivity index (χ0v) is 14.9. The van der Waals surface area contributed by atoms with Crippen LogP contribution in [-0.2, 0) is 0 Å². The summed E-state index contributed by atoms with van der Waals surface area (Å²) in [6.07, 6.45) is 1.93. The summed E-state index contributed by atoms with van der Waals surface area (Å²) in [6.45, 7) is 6.26. The third-order valence-electron chi connectivity index (χ3n) is 3.83. The summed E-state index contributed by atoms with van der Waals surface area (Å²) in [4.78, 5) is 5.78. The Balaban J connectivity index is 1.97. The highest BCUT2D eigenvalue weighted by Gasteiger charge is 2.10. The van der Waals surface area contributed by atoms with Crippen LogP contribution in [0, 0.1) is 32.1 Å². The van der Waals surface area contributed by atoms with Crippen molar-refractivity contribution in [2.45, 2.75) is 20.8 Å². The molecule has 2 nitrogen and oxygen atoms in total. The topological polar surface area (TPSA) is 36.7 Å². The van der Waals surface area contributed by atoms with Gasteiger partial charge in [0.15, 0.2) is 0 Å². The Hall–Kier alpha value is -2.22. The second kappa shape index (κ2) is 6.49. The van der Waals surface area contributed by atoms with Gasteiger partial charge < -0.3 is 0 Å². The van der Waals surface area contributed by atoms with Crippen LogP contribution in [0.5, 0.6) is 0 Å². The molecule has 2 heterocycles. The highest BCUT2D eigenvalue weighted by molar-refractivity contribution is 7.12. The summed E-state index contributed by atoms with van der Waals surface area (Å²) in [5.74, 6) is 0. The van der Waals surface area contributed by atoms with Gasteiger partial charge in [-0.25, -0.2) is 4.98 Å². The van der Waals surface area contributed by atoms with E-state index in [1.54, 1.807) is 11.3 Å². The SMILES string of the molecule is Cc1ccc(-c2csc(C(C#N)=Cc3sccc3C)n2)cc1C. The molecule has 0 radical (unpaired) electrons. The van der Waals surface area contributed by atoms with Gasteiger partial charge in [0.2, 0.25) is 0 Å². The first kappa shape index (κ1) is 15.7. The zero-order valence-electron chi connectivity index (χ0n) is 13.3. The number of aromatic nitrogens is 1. The molecule has 0 aliphatic carbocycles. The Kier molecular flexibility index (Phi) is 4.42. The first-order valence-corrected chi connectivity index (χ1v) is 9.04. The number of thiazole rings is 1. The average molecular weight is 336 g/mol. The molecule has 0 N–H and O–H groups in total. The highest BCUT2D eigenvalue weighted by atomic mass is 32.1. The fraction of sp³-hybridized carbons (Fsp3) is 0.158. The number of thiophene rings is 1. The molecule has 0 atom stereocenters. The van der Waals surface area contributed by atoms with Gasteiger partial charge in [-0.1, -0.05) is 12.1 Å².